The molecule has 0 saturated heterocycles. The van der Waals surface area contributed by atoms with E-state index in [0.717, 1.165) is 16.8 Å². The minimum absolute atomic E-state index is 0.223. The van der Waals surface area contributed by atoms with Crippen LogP contribution in [0, 0.1) is 13.8 Å². The lowest BCUT2D eigenvalue weighted by Crippen LogP contribution is -2.14. The molecule has 0 unspecified atom stereocenters. The Morgan fingerprint density at radius 3 is 2.48 bits per heavy atom. The largest absolute Gasteiger partial charge is 0.350 e. The SMILES string of the molecule is Cc1cccc(CNc2ncc(C(=O)Nc3ccccc3C)cn2)c1. The van der Waals surface area contributed by atoms with Gasteiger partial charge in [0.1, 0.15) is 0 Å². The van der Waals surface area contributed by atoms with Gasteiger partial charge < -0.3 is 10.6 Å². The fourth-order valence-corrected chi connectivity index (χ4v) is 2.45. The van der Waals surface area contributed by atoms with E-state index >= 15 is 0 Å². The molecule has 2 N–H and O–H groups in total. The van der Waals surface area contributed by atoms with Gasteiger partial charge in [-0.25, -0.2) is 9.97 Å². The third kappa shape index (κ3) is 4.41. The molecule has 0 saturated carbocycles. The van der Waals surface area contributed by atoms with Crippen LogP contribution in [0.15, 0.2) is 60.9 Å². The lowest BCUT2D eigenvalue weighted by Gasteiger charge is -2.09. The number of amides is 1. The summed E-state index contributed by atoms with van der Waals surface area (Å²) in [6.07, 6.45) is 3.05. The number of para-hydroxylation sites is 1. The van der Waals surface area contributed by atoms with Gasteiger partial charge in [0, 0.05) is 24.6 Å². The first kappa shape index (κ1) is 16.6. The van der Waals surface area contributed by atoms with Crippen molar-refractivity contribution in [3.63, 3.8) is 0 Å². The van der Waals surface area contributed by atoms with Gasteiger partial charge in [-0.2, -0.15) is 0 Å². The highest BCUT2D eigenvalue weighted by Crippen LogP contribution is 2.14. The van der Waals surface area contributed by atoms with Crippen LogP contribution in [0.2, 0.25) is 0 Å². The molecular weight excluding hydrogens is 312 g/mol. The van der Waals surface area contributed by atoms with Gasteiger partial charge in [0.2, 0.25) is 5.95 Å². The number of nitrogens with zero attached hydrogens (tertiary/aromatic N) is 2. The van der Waals surface area contributed by atoms with Crippen LogP contribution in [0.25, 0.3) is 0 Å². The number of carbonyl (C=O) groups is 1. The summed E-state index contributed by atoms with van der Waals surface area (Å²) in [6, 6.07) is 15.9. The number of aryl methyl sites for hydroxylation is 2. The molecule has 5 nitrogen and oxygen atoms in total. The monoisotopic (exact) mass is 332 g/mol. The fraction of sp³-hybridized carbons (Fsp3) is 0.150. The summed E-state index contributed by atoms with van der Waals surface area (Å²) in [5.41, 5.74) is 4.58. The maximum absolute atomic E-state index is 12.3. The molecule has 25 heavy (non-hydrogen) atoms. The van der Waals surface area contributed by atoms with E-state index in [2.05, 4.69) is 39.7 Å². The zero-order valence-electron chi connectivity index (χ0n) is 14.3. The topological polar surface area (TPSA) is 66.9 Å². The molecule has 2 aromatic carbocycles. The number of rotatable bonds is 5. The molecule has 3 rings (SSSR count). The second-order valence-electron chi connectivity index (χ2n) is 5.91. The van der Waals surface area contributed by atoms with Gasteiger partial charge in [-0.15, -0.1) is 0 Å². The third-order valence-corrected chi connectivity index (χ3v) is 3.84. The number of nitrogens with one attached hydrogen (secondary N) is 2. The van der Waals surface area contributed by atoms with E-state index in [0.29, 0.717) is 18.1 Å². The van der Waals surface area contributed by atoms with E-state index in [4.69, 9.17) is 0 Å². The molecular formula is C20H20N4O. The van der Waals surface area contributed by atoms with Crippen molar-refractivity contribution in [3.05, 3.63) is 83.2 Å². The highest BCUT2D eigenvalue weighted by atomic mass is 16.1. The van der Waals surface area contributed by atoms with Crippen LogP contribution in [0.4, 0.5) is 11.6 Å². The van der Waals surface area contributed by atoms with Crippen LogP contribution in [-0.4, -0.2) is 15.9 Å². The predicted octanol–water partition coefficient (Wildman–Crippen LogP) is 3.96. The Hall–Kier alpha value is -3.21. The highest BCUT2D eigenvalue weighted by Gasteiger charge is 2.09. The van der Waals surface area contributed by atoms with Crippen LogP contribution in [0.5, 0.6) is 0 Å². The summed E-state index contributed by atoms with van der Waals surface area (Å²) >= 11 is 0. The lowest BCUT2D eigenvalue weighted by atomic mass is 10.1. The Labute approximate surface area is 147 Å². The molecule has 0 fully saturated rings. The summed E-state index contributed by atoms with van der Waals surface area (Å²) in [7, 11) is 0. The van der Waals surface area contributed by atoms with Crippen molar-refractivity contribution in [1.82, 2.24) is 9.97 Å². The predicted molar refractivity (Wildman–Crippen MR) is 99.7 cm³/mol. The maximum atomic E-state index is 12.3. The first-order chi connectivity index (χ1) is 12.1. The van der Waals surface area contributed by atoms with Gasteiger partial charge in [0.25, 0.3) is 5.91 Å². The van der Waals surface area contributed by atoms with E-state index in [-0.39, 0.29) is 5.91 Å². The van der Waals surface area contributed by atoms with Crippen molar-refractivity contribution >= 4 is 17.5 Å². The van der Waals surface area contributed by atoms with E-state index in [1.807, 2.05) is 43.3 Å². The smallest absolute Gasteiger partial charge is 0.258 e. The zero-order valence-corrected chi connectivity index (χ0v) is 14.3. The molecule has 0 atom stereocenters. The van der Waals surface area contributed by atoms with E-state index < -0.39 is 0 Å². The molecule has 5 heteroatoms. The van der Waals surface area contributed by atoms with E-state index in [1.165, 1.54) is 18.0 Å². The minimum Gasteiger partial charge on any atom is -0.350 e. The Kier molecular flexibility index (Phi) is 5.04. The van der Waals surface area contributed by atoms with Crippen molar-refractivity contribution in [1.29, 1.82) is 0 Å². The quantitative estimate of drug-likeness (QED) is 0.742. The number of carbonyl (C=O) groups excluding carboxylic acids is 1. The summed E-state index contributed by atoms with van der Waals surface area (Å²) in [4.78, 5) is 20.7. The normalized spacial score (nSPS) is 10.3. The van der Waals surface area contributed by atoms with Crippen molar-refractivity contribution < 1.29 is 4.79 Å². The average molecular weight is 332 g/mol. The summed E-state index contributed by atoms with van der Waals surface area (Å²) in [5, 5.41) is 6.03. The molecule has 1 heterocycles. The van der Waals surface area contributed by atoms with Gasteiger partial charge in [0.15, 0.2) is 0 Å². The number of benzene rings is 2. The Balaban J connectivity index is 1.61. The van der Waals surface area contributed by atoms with Crippen molar-refractivity contribution in [2.24, 2.45) is 0 Å². The van der Waals surface area contributed by atoms with Gasteiger partial charge >= 0.3 is 0 Å². The van der Waals surface area contributed by atoms with Crippen LogP contribution in [0.1, 0.15) is 27.0 Å². The molecule has 0 aliphatic heterocycles. The molecule has 1 amide bonds. The maximum Gasteiger partial charge on any atom is 0.258 e. The highest BCUT2D eigenvalue weighted by molar-refractivity contribution is 6.04. The number of aromatic nitrogens is 2. The number of hydrogen-bond donors (Lipinski definition) is 2. The van der Waals surface area contributed by atoms with E-state index in [9.17, 15) is 4.79 Å². The minimum atomic E-state index is -0.223. The van der Waals surface area contributed by atoms with Gasteiger partial charge in [-0.1, -0.05) is 48.0 Å². The van der Waals surface area contributed by atoms with Crippen molar-refractivity contribution in [3.8, 4) is 0 Å². The second-order valence-corrected chi connectivity index (χ2v) is 5.91. The molecule has 126 valence electrons. The molecule has 0 spiro atoms. The molecule has 0 aliphatic rings. The van der Waals surface area contributed by atoms with Crippen LogP contribution in [0.3, 0.4) is 0 Å². The first-order valence-electron chi connectivity index (χ1n) is 8.10. The summed E-state index contributed by atoms with van der Waals surface area (Å²) in [5.74, 6) is 0.272. The van der Waals surface area contributed by atoms with Gasteiger partial charge in [-0.3, -0.25) is 4.79 Å². The average Bonchev–Trinajstić information content (AvgIpc) is 2.62. The van der Waals surface area contributed by atoms with E-state index in [1.54, 1.807) is 0 Å². The van der Waals surface area contributed by atoms with Crippen LogP contribution in [-0.2, 0) is 6.54 Å². The Morgan fingerprint density at radius 1 is 1.00 bits per heavy atom. The number of anilines is 2. The lowest BCUT2D eigenvalue weighted by molar-refractivity contribution is 0.102. The summed E-state index contributed by atoms with van der Waals surface area (Å²) in [6.45, 7) is 4.64. The molecule has 1 aromatic heterocycles. The fourth-order valence-electron chi connectivity index (χ4n) is 2.45. The van der Waals surface area contributed by atoms with Gasteiger partial charge in [-0.05, 0) is 31.0 Å². The first-order valence-corrected chi connectivity index (χ1v) is 8.10. The third-order valence-electron chi connectivity index (χ3n) is 3.84. The molecule has 0 aliphatic carbocycles. The Morgan fingerprint density at radius 2 is 1.76 bits per heavy atom. The summed E-state index contributed by atoms with van der Waals surface area (Å²) < 4.78 is 0. The van der Waals surface area contributed by atoms with Crippen LogP contribution >= 0.6 is 0 Å². The standard InChI is InChI=1S/C20H20N4O/c1-14-6-5-8-16(10-14)11-21-20-22-12-17(13-23-20)19(25)24-18-9-4-3-7-15(18)2/h3-10,12-13H,11H2,1-2H3,(H,24,25)(H,21,22,23). The zero-order chi connectivity index (χ0) is 17.6. The van der Waals surface area contributed by atoms with Crippen molar-refractivity contribution in [2.75, 3.05) is 10.6 Å². The van der Waals surface area contributed by atoms with Crippen molar-refractivity contribution in [2.45, 2.75) is 20.4 Å². The molecule has 0 radical (unpaired) electrons. The van der Waals surface area contributed by atoms with Gasteiger partial charge in [0.05, 0.1) is 5.56 Å². The second kappa shape index (κ2) is 7.57. The molecule has 0 bridgehead atoms. The van der Waals surface area contributed by atoms with Crippen LogP contribution < -0.4 is 10.6 Å². The Bertz CT molecular complexity index is 875. The number of hydrogen-bond acceptors (Lipinski definition) is 4. The molecule has 3 aromatic rings.